The Hall–Kier alpha value is -0.120. The number of likely N-dealkylation sites (tertiary alicyclic amines) is 1. The Morgan fingerprint density at radius 1 is 1.24 bits per heavy atom. The van der Waals surface area contributed by atoms with Crippen LogP contribution in [0.25, 0.3) is 0 Å². The van der Waals surface area contributed by atoms with Gasteiger partial charge in [0.2, 0.25) is 0 Å². The average molecular weight is 240 g/mol. The molecule has 0 aromatic heterocycles. The second kappa shape index (κ2) is 4.87. The fourth-order valence-electron chi connectivity index (χ4n) is 3.53. The second-order valence-electron chi connectivity index (χ2n) is 6.70. The molecule has 3 heteroatoms. The predicted molar refractivity (Wildman–Crippen MR) is 71.0 cm³/mol. The maximum Gasteiger partial charge on any atom is 0.0572 e. The smallest absolute Gasteiger partial charge is 0.0572 e. The summed E-state index contributed by atoms with van der Waals surface area (Å²) >= 11 is 0. The van der Waals surface area contributed by atoms with Gasteiger partial charge < -0.3 is 10.5 Å². The van der Waals surface area contributed by atoms with E-state index < -0.39 is 0 Å². The summed E-state index contributed by atoms with van der Waals surface area (Å²) in [6.45, 7) is 7.99. The molecule has 2 N–H and O–H groups in total. The van der Waals surface area contributed by atoms with Crippen molar-refractivity contribution in [2.75, 3.05) is 26.7 Å². The van der Waals surface area contributed by atoms with Gasteiger partial charge in [-0.25, -0.2) is 0 Å². The van der Waals surface area contributed by atoms with Crippen molar-refractivity contribution in [1.82, 2.24) is 4.90 Å². The lowest BCUT2D eigenvalue weighted by Crippen LogP contribution is -2.55. The fourth-order valence-corrected chi connectivity index (χ4v) is 3.53. The minimum Gasteiger partial charge on any atom is -0.381 e. The van der Waals surface area contributed by atoms with E-state index in [-0.39, 0.29) is 5.54 Å². The Kier molecular flexibility index (Phi) is 3.81. The van der Waals surface area contributed by atoms with E-state index in [2.05, 4.69) is 18.7 Å². The summed E-state index contributed by atoms with van der Waals surface area (Å²) in [5, 5.41) is 0. The van der Waals surface area contributed by atoms with Crippen molar-refractivity contribution in [3.8, 4) is 0 Å². The van der Waals surface area contributed by atoms with Gasteiger partial charge in [0.1, 0.15) is 0 Å². The van der Waals surface area contributed by atoms with Crippen LogP contribution in [-0.2, 0) is 4.74 Å². The quantitative estimate of drug-likeness (QED) is 0.820. The molecule has 0 bridgehead atoms. The fraction of sp³-hybridized carbons (Fsp3) is 1.00. The molecule has 0 unspecified atom stereocenters. The molecule has 1 aliphatic carbocycles. The van der Waals surface area contributed by atoms with Crippen molar-refractivity contribution in [1.29, 1.82) is 0 Å². The number of rotatable bonds is 3. The van der Waals surface area contributed by atoms with E-state index >= 15 is 0 Å². The molecule has 2 aliphatic rings. The van der Waals surface area contributed by atoms with Gasteiger partial charge in [-0.05, 0) is 44.1 Å². The van der Waals surface area contributed by atoms with Crippen molar-refractivity contribution >= 4 is 0 Å². The van der Waals surface area contributed by atoms with Crippen LogP contribution in [0.2, 0.25) is 0 Å². The lowest BCUT2D eigenvalue weighted by molar-refractivity contribution is -0.000754. The molecule has 0 radical (unpaired) electrons. The zero-order chi connectivity index (χ0) is 12.5. The molecule has 2 rings (SSSR count). The summed E-state index contributed by atoms with van der Waals surface area (Å²) in [5.41, 5.74) is 6.85. The van der Waals surface area contributed by atoms with Gasteiger partial charge in [0.15, 0.2) is 0 Å². The molecule has 17 heavy (non-hydrogen) atoms. The van der Waals surface area contributed by atoms with Crippen molar-refractivity contribution in [2.45, 2.75) is 57.6 Å². The molecule has 0 spiro atoms. The molecule has 1 saturated carbocycles. The largest absolute Gasteiger partial charge is 0.381 e. The number of nitrogens with two attached hydrogens (primary N) is 1. The molecule has 3 nitrogen and oxygen atoms in total. The Morgan fingerprint density at radius 2 is 1.88 bits per heavy atom. The normalized spacial score (nSPS) is 38.5. The van der Waals surface area contributed by atoms with E-state index in [1.54, 1.807) is 0 Å². The first-order valence-corrected chi connectivity index (χ1v) is 6.99. The van der Waals surface area contributed by atoms with Gasteiger partial charge in [0.05, 0.1) is 6.10 Å². The molecule has 1 aliphatic heterocycles. The summed E-state index contributed by atoms with van der Waals surface area (Å²) in [4.78, 5) is 2.67. The maximum absolute atomic E-state index is 6.11. The van der Waals surface area contributed by atoms with Crippen molar-refractivity contribution in [2.24, 2.45) is 11.1 Å². The highest BCUT2D eigenvalue weighted by molar-refractivity contribution is 5.00. The summed E-state index contributed by atoms with van der Waals surface area (Å²) in [7, 11) is 1.83. The van der Waals surface area contributed by atoms with Crippen LogP contribution < -0.4 is 5.73 Å². The molecule has 100 valence electrons. The average Bonchev–Trinajstić information content (AvgIpc) is 2.70. The van der Waals surface area contributed by atoms with Crippen LogP contribution in [-0.4, -0.2) is 43.3 Å². The molecular weight excluding hydrogens is 212 g/mol. The SMILES string of the molecule is COC1CCC(CN)(N2CCC(C)(C)C2)CC1. The van der Waals surface area contributed by atoms with Crippen LogP contribution in [0.1, 0.15) is 46.0 Å². The van der Waals surface area contributed by atoms with Crippen molar-refractivity contribution < 1.29 is 4.74 Å². The zero-order valence-corrected chi connectivity index (χ0v) is 11.7. The summed E-state index contributed by atoms with van der Waals surface area (Å²) in [6.07, 6.45) is 6.53. The minimum absolute atomic E-state index is 0.267. The van der Waals surface area contributed by atoms with Gasteiger partial charge in [0, 0.05) is 25.7 Å². The molecule has 0 aromatic rings. The molecule has 0 aromatic carbocycles. The molecule has 1 heterocycles. The highest BCUT2D eigenvalue weighted by Gasteiger charge is 2.44. The van der Waals surface area contributed by atoms with Gasteiger partial charge in [-0.2, -0.15) is 0 Å². The van der Waals surface area contributed by atoms with E-state index in [9.17, 15) is 0 Å². The van der Waals surface area contributed by atoms with Crippen LogP contribution in [0.15, 0.2) is 0 Å². The number of nitrogens with zero attached hydrogens (tertiary/aromatic N) is 1. The predicted octanol–water partition coefficient (Wildman–Crippen LogP) is 2.00. The zero-order valence-electron chi connectivity index (χ0n) is 11.7. The summed E-state index contributed by atoms with van der Waals surface area (Å²) < 4.78 is 5.47. The maximum atomic E-state index is 6.11. The van der Waals surface area contributed by atoms with E-state index in [4.69, 9.17) is 10.5 Å². The van der Waals surface area contributed by atoms with E-state index in [0.29, 0.717) is 11.5 Å². The van der Waals surface area contributed by atoms with Crippen LogP contribution in [0.4, 0.5) is 0 Å². The first kappa shape index (κ1) is 13.3. The van der Waals surface area contributed by atoms with Crippen LogP contribution in [0.3, 0.4) is 0 Å². The Balaban J connectivity index is 2.01. The van der Waals surface area contributed by atoms with Gasteiger partial charge in [0.25, 0.3) is 0 Å². The summed E-state index contributed by atoms with van der Waals surface area (Å²) in [5.74, 6) is 0. The van der Waals surface area contributed by atoms with Crippen LogP contribution >= 0.6 is 0 Å². The topological polar surface area (TPSA) is 38.5 Å². The van der Waals surface area contributed by atoms with E-state index in [0.717, 1.165) is 6.54 Å². The third kappa shape index (κ3) is 2.67. The van der Waals surface area contributed by atoms with Crippen LogP contribution in [0.5, 0.6) is 0 Å². The lowest BCUT2D eigenvalue weighted by Gasteiger charge is -2.46. The molecule has 2 fully saturated rings. The van der Waals surface area contributed by atoms with E-state index in [1.165, 1.54) is 45.2 Å². The van der Waals surface area contributed by atoms with E-state index in [1.807, 2.05) is 7.11 Å². The van der Waals surface area contributed by atoms with Crippen LogP contribution in [0, 0.1) is 5.41 Å². The lowest BCUT2D eigenvalue weighted by atomic mass is 9.79. The Morgan fingerprint density at radius 3 is 2.29 bits per heavy atom. The van der Waals surface area contributed by atoms with Gasteiger partial charge >= 0.3 is 0 Å². The molecule has 0 amide bonds. The number of methoxy groups -OCH3 is 1. The Labute approximate surface area is 106 Å². The highest BCUT2D eigenvalue weighted by Crippen LogP contribution is 2.40. The highest BCUT2D eigenvalue weighted by atomic mass is 16.5. The standard InChI is InChI=1S/C14H28N2O/c1-13(2)8-9-16(11-13)14(10-15)6-4-12(17-3)5-7-14/h12H,4-11,15H2,1-3H3. The van der Waals surface area contributed by atoms with Gasteiger partial charge in [-0.3, -0.25) is 4.90 Å². The third-order valence-electron chi connectivity index (χ3n) is 4.92. The second-order valence-corrected chi connectivity index (χ2v) is 6.70. The number of hydrogen-bond donors (Lipinski definition) is 1. The van der Waals surface area contributed by atoms with Crippen molar-refractivity contribution in [3.05, 3.63) is 0 Å². The molecule has 0 atom stereocenters. The van der Waals surface area contributed by atoms with Crippen molar-refractivity contribution in [3.63, 3.8) is 0 Å². The first-order valence-electron chi connectivity index (χ1n) is 6.99. The molecular formula is C14H28N2O. The van der Waals surface area contributed by atoms with Gasteiger partial charge in [-0.15, -0.1) is 0 Å². The third-order valence-corrected chi connectivity index (χ3v) is 4.92. The Bertz CT molecular complexity index is 257. The van der Waals surface area contributed by atoms with Gasteiger partial charge in [-0.1, -0.05) is 13.8 Å². The number of ether oxygens (including phenoxy) is 1. The minimum atomic E-state index is 0.267. The number of hydrogen-bond acceptors (Lipinski definition) is 3. The molecule has 1 saturated heterocycles. The first-order chi connectivity index (χ1) is 8.01. The summed E-state index contributed by atoms with van der Waals surface area (Å²) in [6, 6.07) is 0. The monoisotopic (exact) mass is 240 g/mol.